The van der Waals surface area contributed by atoms with Gasteiger partial charge in [-0.25, -0.2) is 4.39 Å². The van der Waals surface area contributed by atoms with E-state index < -0.39 is 0 Å². The zero-order chi connectivity index (χ0) is 13.0. The molecule has 0 amide bonds. The molecule has 18 heavy (non-hydrogen) atoms. The molecule has 0 atom stereocenters. The Morgan fingerprint density at radius 3 is 2.39 bits per heavy atom. The summed E-state index contributed by atoms with van der Waals surface area (Å²) in [6, 6.07) is 7.01. The second-order valence-corrected chi connectivity index (χ2v) is 5.55. The summed E-state index contributed by atoms with van der Waals surface area (Å²) in [6.07, 6.45) is 3.36. The van der Waals surface area contributed by atoms with Crippen LogP contribution in [0.15, 0.2) is 24.3 Å². The number of halogens is 1. The highest BCUT2D eigenvalue weighted by atomic mass is 19.1. The third-order valence-corrected chi connectivity index (χ3v) is 4.18. The van der Waals surface area contributed by atoms with E-state index in [2.05, 4.69) is 11.8 Å². The molecule has 2 rings (SSSR count). The van der Waals surface area contributed by atoms with Crippen molar-refractivity contribution in [1.82, 2.24) is 4.90 Å². The van der Waals surface area contributed by atoms with Crippen molar-refractivity contribution < 1.29 is 4.39 Å². The molecule has 0 bridgehead atoms. The highest BCUT2D eigenvalue weighted by Crippen LogP contribution is 2.34. The average Bonchev–Trinajstić information content (AvgIpc) is 2.39. The molecular formula is C15H23FN2. The van der Waals surface area contributed by atoms with Crippen molar-refractivity contribution in [3.05, 3.63) is 35.6 Å². The van der Waals surface area contributed by atoms with Crippen molar-refractivity contribution >= 4 is 0 Å². The molecule has 1 aromatic rings. The molecule has 1 aliphatic heterocycles. The molecule has 0 saturated carbocycles. The molecular weight excluding hydrogens is 227 g/mol. The zero-order valence-electron chi connectivity index (χ0n) is 11.2. The highest BCUT2D eigenvalue weighted by Gasteiger charge is 2.31. The summed E-state index contributed by atoms with van der Waals surface area (Å²) in [6.45, 7) is 6.41. The van der Waals surface area contributed by atoms with Gasteiger partial charge < -0.3 is 10.6 Å². The van der Waals surface area contributed by atoms with Gasteiger partial charge in [0.25, 0.3) is 0 Å². The molecule has 1 aromatic carbocycles. The molecule has 1 aliphatic rings. The number of benzene rings is 1. The first-order valence-corrected chi connectivity index (χ1v) is 6.82. The van der Waals surface area contributed by atoms with Gasteiger partial charge in [-0.3, -0.25) is 0 Å². The Balaban J connectivity index is 1.96. The number of hydrogen-bond donors (Lipinski definition) is 1. The molecule has 0 spiro atoms. The minimum atomic E-state index is -0.150. The van der Waals surface area contributed by atoms with E-state index >= 15 is 0 Å². The number of likely N-dealkylation sites (tertiary alicyclic amines) is 1. The van der Waals surface area contributed by atoms with Crippen molar-refractivity contribution in [2.45, 2.75) is 31.6 Å². The van der Waals surface area contributed by atoms with Crippen LogP contribution in [-0.2, 0) is 5.41 Å². The fourth-order valence-corrected chi connectivity index (χ4v) is 2.73. The first kappa shape index (κ1) is 13.5. The summed E-state index contributed by atoms with van der Waals surface area (Å²) in [5, 5.41) is 0. The van der Waals surface area contributed by atoms with Crippen LogP contribution in [0.2, 0.25) is 0 Å². The molecule has 1 saturated heterocycles. The summed E-state index contributed by atoms with van der Waals surface area (Å²) >= 11 is 0. The Morgan fingerprint density at radius 2 is 1.83 bits per heavy atom. The van der Waals surface area contributed by atoms with Gasteiger partial charge in [0.05, 0.1) is 0 Å². The van der Waals surface area contributed by atoms with Crippen molar-refractivity contribution in [3.63, 3.8) is 0 Å². The van der Waals surface area contributed by atoms with Crippen LogP contribution in [0.5, 0.6) is 0 Å². The predicted octanol–water partition coefficient (Wildman–Crippen LogP) is 2.53. The van der Waals surface area contributed by atoms with E-state index in [0.29, 0.717) is 0 Å². The maximum atomic E-state index is 13.0. The van der Waals surface area contributed by atoms with Crippen LogP contribution in [-0.4, -0.2) is 31.1 Å². The molecule has 1 heterocycles. The number of hydrogen-bond acceptors (Lipinski definition) is 2. The number of piperidine rings is 1. The van der Waals surface area contributed by atoms with E-state index in [0.717, 1.165) is 45.4 Å². The lowest BCUT2D eigenvalue weighted by Crippen LogP contribution is -2.41. The summed E-state index contributed by atoms with van der Waals surface area (Å²) in [7, 11) is 0. The van der Waals surface area contributed by atoms with Crippen molar-refractivity contribution in [2.24, 2.45) is 5.73 Å². The molecule has 2 nitrogen and oxygen atoms in total. The van der Waals surface area contributed by atoms with Gasteiger partial charge in [0.2, 0.25) is 0 Å². The maximum Gasteiger partial charge on any atom is 0.123 e. The predicted molar refractivity (Wildman–Crippen MR) is 73.1 cm³/mol. The molecule has 0 aromatic heterocycles. The third-order valence-electron chi connectivity index (χ3n) is 4.18. The van der Waals surface area contributed by atoms with Crippen LogP contribution in [0.3, 0.4) is 0 Å². The Kier molecular flexibility index (Phi) is 4.36. The standard InChI is InChI=1S/C15H23FN2/c1-15(13-3-5-14(16)6-4-13)7-11-18(12-8-15)10-2-9-17/h3-6H,2,7-12,17H2,1H3. The van der Waals surface area contributed by atoms with Crippen LogP contribution < -0.4 is 5.73 Å². The van der Waals surface area contributed by atoms with E-state index in [1.165, 1.54) is 5.56 Å². The van der Waals surface area contributed by atoms with Crippen LogP contribution in [0.4, 0.5) is 4.39 Å². The SMILES string of the molecule is CC1(c2ccc(F)cc2)CCN(CCCN)CC1. The third kappa shape index (κ3) is 3.09. The average molecular weight is 250 g/mol. The lowest BCUT2D eigenvalue weighted by atomic mass is 9.74. The van der Waals surface area contributed by atoms with Crippen molar-refractivity contribution in [3.8, 4) is 0 Å². The zero-order valence-corrected chi connectivity index (χ0v) is 11.2. The minimum Gasteiger partial charge on any atom is -0.330 e. The van der Waals surface area contributed by atoms with Gasteiger partial charge in [0.1, 0.15) is 5.82 Å². The molecule has 0 unspecified atom stereocenters. The lowest BCUT2D eigenvalue weighted by Gasteiger charge is -2.40. The molecule has 0 radical (unpaired) electrons. The van der Waals surface area contributed by atoms with Gasteiger partial charge in [0, 0.05) is 0 Å². The quantitative estimate of drug-likeness (QED) is 0.889. The topological polar surface area (TPSA) is 29.3 Å². The van der Waals surface area contributed by atoms with E-state index in [-0.39, 0.29) is 11.2 Å². The Hall–Kier alpha value is -0.930. The Labute approximate surface area is 109 Å². The maximum absolute atomic E-state index is 13.0. The van der Waals surface area contributed by atoms with Crippen LogP contribution in [0.25, 0.3) is 0 Å². The fraction of sp³-hybridized carbons (Fsp3) is 0.600. The first-order valence-electron chi connectivity index (χ1n) is 6.82. The van der Waals surface area contributed by atoms with E-state index in [4.69, 9.17) is 5.73 Å². The molecule has 2 N–H and O–H groups in total. The molecule has 100 valence electrons. The number of nitrogens with two attached hydrogens (primary N) is 1. The Morgan fingerprint density at radius 1 is 1.22 bits per heavy atom. The highest BCUT2D eigenvalue weighted by molar-refractivity contribution is 5.25. The van der Waals surface area contributed by atoms with Gasteiger partial charge in [-0.15, -0.1) is 0 Å². The summed E-state index contributed by atoms with van der Waals surface area (Å²) in [4.78, 5) is 2.48. The van der Waals surface area contributed by atoms with Crippen molar-refractivity contribution in [1.29, 1.82) is 0 Å². The summed E-state index contributed by atoms with van der Waals surface area (Å²) < 4.78 is 13.0. The smallest absolute Gasteiger partial charge is 0.123 e. The molecule has 3 heteroatoms. The monoisotopic (exact) mass is 250 g/mol. The van der Waals surface area contributed by atoms with E-state index in [9.17, 15) is 4.39 Å². The largest absolute Gasteiger partial charge is 0.330 e. The lowest BCUT2D eigenvalue weighted by molar-refractivity contribution is 0.168. The second-order valence-electron chi connectivity index (χ2n) is 5.55. The van der Waals surface area contributed by atoms with Gasteiger partial charge in [-0.1, -0.05) is 19.1 Å². The normalized spacial score (nSPS) is 19.9. The fourth-order valence-electron chi connectivity index (χ4n) is 2.73. The van der Waals surface area contributed by atoms with Gasteiger partial charge >= 0.3 is 0 Å². The molecule has 1 fully saturated rings. The van der Waals surface area contributed by atoms with Gasteiger partial charge in [-0.05, 0) is 68.6 Å². The first-order chi connectivity index (χ1) is 8.64. The van der Waals surface area contributed by atoms with E-state index in [1.54, 1.807) is 12.1 Å². The number of rotatable bonds is 4. The van der Waals surface area contributed by atoms with Crippen LogP contribution >= 0.6 is 0 Å². The summed E-state index contributed by atoms with van der Waals surface area (Å²) in [5.74, 6) is -0.150. The van der Waals surface area contributed by atoms with Gasteiger partial charge in [-0.2, -0.15) is 0 Å². The van der Waals surface area contributed by atoms with Crippen molar-refractivity contribution in [2.75, 3.05) is 26.2 Å². The van der Waals surface area contributed by atoms with Crippen LogP contribution in [0, 0.1) is 5.82 Å². The van der Waals surface area contributed by atoms with Gasteiger partial charge in [0.15, 0.2) is 0 Å². The summed E-state index contributed by atoms with van der Waals surface area (Å²) in [5.41, 5.74) is 7.01. The Bertz CT molecular complexity index is 367. The number of nitrogens with zero attached hydrogens (tertiary/aromatic N) is 1. The second kappa shape index (κ2) is 5.81. The van der Waals surface area contributed by atoms with Crippen LogP contribution in [0.1, 0.15) is 31.7 Å². The minimum absolute atomic E-state index is 0.150. The molecule has 0 aliphatic carbocycles. The van der Waals surface area contributed by atoms with E-state index in [1.807, 2.05) is 12.1 Å².